The molecule has 0 aromatic heterocycles. The van der Waals surface area contributed by atoms with Crippen molar-refractivity contribution in [1.82, 2.24) is 0 Å². The van der Waals surface area contributed by atoms with Gasteiger partial charge in [-0.15, -0.1) is 0 Å². The minimum absolute atomic E-state index is 0.0737. The number of unbranched alkanes of at least 4 members (excludes halogenated alkanes) is 19. The van der Waals surface area contributed by atoms with Crippen molar-refractivity contribution in [2.75, 3.05) is 26.4 Å². The lowest BCUT2D eigenvalue weighted by Gasteiger charge is -2.15. The first-order valence-corrected chi connectivity index (χ1v) is 22.3. The van der Waals surface area contributed by atoms with Gasteiger partial charge in [0.2, 0.25) is 0 Å². The van der Waals surface area contributed by atoms with E-state index in [1.54, 1.807) is 0 Å². The SMILES string of the molecule is CC/C=C\C/C=C\C/C=C\C/C=C\C/C=C\CCCCCCCCCCCCCCCCCCCCCC(=O)OCC(O)COP(=O)(O)OCCN. The highest BCUT2D eigenvalue weighted by atomic mass is 31.2. The van der Waals surface area contributed by atoms with Crippen molar-refractivity contribution in [2.24, 2.45) is 5.73 Å². The monoisotopic (exact) mass is 752 g/mol. The van der Waals surface area contributed by atoms with E-state index in [0.717, 1.165) is 51.4 Å². The van der Waals surface area contributed by atoms with Gasteiger partial charge in [0.25, 0.3) is 0 Å². The summed E-state index contributed by atoms with van der Waals surface area (Å²) in [5.41, 5.74) is 5.20. The Morgan fingerprint density at radius 2 is 0.962 bits per heavy atom. The lowest BCUT2D eigenvalue weighted by Crippen LogP contribution is -2.23. The molecule has 2 unspecified atom stereocenters. The maximum Gasteiger partial charge on any atom is 0.472 e. The molecule has 52 heavy (non-hydrogen) atoms. The second kappa shape index (κ2) is 40.4. The van der Waals surface area contributed by atoms with Crippen molar-refractivity contribution >= 4 is 13.8 Å². The van der Waals surface area contributed by atoms with Gasteiger partial charge in [0.1, 0.15) is 12.7 Å². The highest BCUT2D eigenvalue weighted by Crippen LogP contribution is 2.42. The van der Waals surface area contributed by atoms with Gasteiger partial charge in [0.15, 0.2) is 0 Å². The van der Waals surface area contributed by atoms with Crippen LogP contribution in [0.3, 0.4) is 0 Å². The van der Waals surface area contributed by atoms with E-state index >= 15 is 0 Å². The number of aliphatic hydroxyl groups excluding tert-OH is 1. The number of allylic oxidation sites excluding steroid dienone is 10. The Bertz CT molecular complexity index is 979. The van der Waals surface area contributed by atoms with E-state index in [9.17, 15) is 19.4 Å². The standard InChI is InChI=1S/C43H78NO7P/c1-2-3-4-5-6-7-8-9-10-11-12-13-14-15-16-17-18-19-20-21-22-23-24-25-26-27-28-29-30-31-32-33-34-35-36-37-43(46)49-40-42(45)41-51-52(47,48)50-39-38-44/h3-4,6-7,9-10,12-13,15-16,42,45H,2,5,8,11,14,17-41,44H2,1H3,(H,47,48)/b4-3-,7-6-,10-9-,13-12-,16-15-. The van der Waals surface area contributed by atoms with Crippen LogP contribution >= 0.6 is 7.82 Å². The van der Waals surface area contributed by atoms with Crippen LogP contribution in [0.15, 0.2) is 60.8 Å². The van der Waals surface area contributed by atoms with Crippen LogP contribution in [-0.2, 0) is 23.1 Å². The lowest BCUT2D eigenvalue weighted by molar-refractivity contribution is -0.147. The van der Waals surface area contributed by atoms with Crippen LogP contribution in [0.2, 0.25) is 0 Å². The Labute approximate surface area is 319 Å². The Kier molecular flexibility index (Phi) is 39.0. The zero-order valence-corrected chi connectivity index (χ0v) is 33.9. The summed E-state index contributed by atoms with van der Waals surface area (Å²) in [6, 6.07) is 0. The molecule has 0 bridgehead atoms. The fourth-order valence-electron chi connectivity index (χ4n) is 5.60. The van der Waals surface area contributed by atoms with Crippen molar-refractivity contribution in [3.05, 3.63) is 60.8 Å². The number of hydrogen-bond acceptors (Lipinski definition) is 7. The number of phosphoric ester groups is 1. The predicted octanol–water partition coefficient (Wildman–Crippen LogP) is 11.9. The molecule has 0 aliphatic rings. The molecule has 0 aliphatic heterocycles. The second-order valence-electron chi connectivity index (χ2n) is 13.7. The summed E-state index contributed by atoms with van der Waals surface area (Å²) in [5.74, 6) is -0.384. The molecule has 0 heterocycles. The molecule has 0 saturated heterocycles. The fraction of sp³-hybridized carbons (Fsp3) is 0.744. The number of nitrogens with two attached hydrogens (primary N) is 1. The van der Waals surface area contributed by atoms with Crippen LogP contribution in [-0.4, -0.2) is 48.4 Å². The third-order valence-electron chi connectivity index (χ3n) is 8.65. The Morgan fingerprint density at radius 1 is 0.577 bits per heavy atom. The Morgan fingerprint density at radius 3 is 1.38 bits per heavy atom. The Hall–Kier alpha value is -1.80. The van der Waals surface area contributed by atoms with E-state index in [1.165, 1.54) is 109 Å². The number of carbonyl (C=O) groups excluding carboxylic acids is 1. The summed E-state index contributed by atoms with van der Waals surface area (Å²) in [4.78, 5) is 21.2. The van der Waals surface area contributed by atoms with Gasteiger partial charge in [-0.25, -0.2) is 4.57 Å². The van der Waals surface area contributed by atoms with E-state index in [2.05, 4.69) is 76.7 Å². The summed E-state index contributed by atoms with van der Waals surface area (Å²) >= 11 is 0. The van der Waals surface area contributed by atoms with E-state index in [1.807, 2.05) is 0 Å². The molecule has 0 rings (SSSR count). The summed E-state index contributed by atoms with van der Waals surface area (Å²) in [6.07, 6.45) is 52.7. The van der Waals surface area contributed by atoms with Gasteiger partial charge < -0.3 is 20.5 Å². The molecular formula is C43H78NO7P. The van der Waals surface area contributed by atoms with Gasteiger partial charge in [-0.1, -0.05) is 177 Å². The molecule has 0 fully saturated rings. The quantitative estimate of drug-likeness (QED) is 0.0245. The van der Waals surface area contributed by atoms with E-state index < -0.39 is 20.5 Å². The highest BCUT2D eigenvalue weighted by Gasteiger charge is 2.22. The van der Waals surface area contributed by atoms with Crippen LogP contribution in [0.5, 0.6) is 0 Å². The van der Waals surface area contributed by atoms with Crippen LogP contribution in [0.4, 0.5) is 0 Å². The number of ether oxygens (including phenoxy) is 1. The largest absolute Gasteiger partial charge is 0.472 e. The van der Waals surface area contributed by atoms with E-state index in [4.69, 9.17) is 10.5 Å². The molecule has 0 aliphatic carbocycles. The molecule has 0 aromatic carbocycles. The summed E-state index contributed by atoms with van der Waals surface area (Å²) < 4.78 is 25.7. The smallest absolute Gasteiger partial charge is 0.463 e. The van der Waals surface area contributed by atoms with Crippen LogP contribution in [0.25, 0.3) is 0 Å². The maximum absolute atomic E-state index is 11.8. The third-order valence-corrected chi connectivity index (χ3v) is 9.63. The third kappa shape index (κ3) is 41.0. The van der Waals surface area contributed by atoms with Gasteiger partial charge in [-0.3, -0.25) is 13.8 Å². The van der Waals surface area contributed by atoms with Crippen LogP contribution < -0.4 is 5.73 Å². The first kappa shape index (κ1) is 50.2. The first-order valence-electron chi connectivity index (χ1n) is 20.8. The van der Waals surface area contributed by atoms with E-state index in [-0.39, 0.29) is 25.7 Å². The van der Waals surface area contributed by atoms with Crippen molar-refractivity contribution in [2.45, 2.75) is 180 Å². The molecule has 0 amide bonds. The molecular weight excluding hydrogens is 673 g/mol. The summed E-state index contributed by atoms with van der Waals surface area (Å²) in [6.45, 7) is 1.35. The second-order valence-corrected chi connectivity index (χ2v) is 15.1. The molecule has 2 atom stereocenters. The molecule has 0 saturated carbocycles. The van der Waals surface area contributed by atoms with Gasteiger partial charge >= 0.3 is 13.8 Å². The topological polar surface area (TPSA) is 128 Å². The zero-order valence-electron chi connectivity index (χ0n) is 33.0. The molecule has 9 heteroatoms. The highest BCUT2D eigenvalue weighted by molar-refractivity contribution is 7.47. The summed E-state index contributed by atoms with van der Waals surface area (Å²) in [5, 5.41) is 9.77. The molecule has 0 aromatic rings. The number of aliphatic hydroxyl groups is 1. The van der Waals surface area contributed by atoms with Gasteiger partial charge in [-0.2, -0.15) is 0 Å². The first-order chi connectivity index (χ1) is 25.4. The Balaban J connectivity index is 3.34. The number of carbonyl (C=O) groups is 1. The van der Waals surface area contributed by atoms with Gasteiger partial charge in [-0.05, 0) is 51.4 Å². The zero-order chi connectivity index (χ0) is 38.1. The van der Waals surface area contributed by atoms with E-state index in [0.29, 0.717) is 6.42 Å². The minimum Gasteiger partial charge on any atom is -0.463 e. The lowest BCUT2D eigenvalue weighted by atomic mass is 10.0. The number of esters is 1. The average Bonchev–Trinajstić information content (AvgIpc) is 3.14. The molecule has 0 radical (unpaired) electrons. The number of hydrogen-bond donors (Lipinski definition) is 3. The number of phosphoric acid groups is 1. The van der Waals surface area contributed by atoms with Gasteiger partial charge in [0, 0.05) is 13.0 Å². The minimum atomic E-state index is -4.25. The van der Waals surface area contributed by atoms with Crippen molar-refractivity contribution in [3.8, 4) is 0 Å². The molecule has 8 nitrogen and oxygen atoms in total. The van der Waals surface area contributed by atoms with Crippen molar-refractivity contribution in [3.63, 3.8) is 0 Å². The summed E-state index contributed by atoms with van der Waals surface area (Å²) in [7, 11) is -4.25. The average molecular weight is 752 g/mol. The molecule has 0 spiro atoms. The van der Waals surface area contributed by atoms with Crippen LogP contribution in [0, 0.1) is 0 Å². The van der Waals surface area contributed by atoms with Crippen molar-refractivity contribution in [1.29, 1.82) is 0 Å². The fourth-order valence-corrected chi connectivity index (χ4v) is 6.37. The maximum atomic E-state index is 11.8. The van der Waals surface area contributed by atoms with Crippen molar-refractivity contribution < 1.29 is 33.1 Å². The normalized spacial score (nSPS) is 14.2. The van der Waals surface area contributed by atoms with Gasteiger partial charge in [0.05, 0.1) is 13.2 Å². The molecule has 4 N–H and O–H groups in total. The predicted molar refractivity (Wildman–Crippen MR) is 219 cm³/mol. The number of rotatable bonds is 39. The van der Waals surface area contributed by atoms with Crippen LogP contribution in [0.1, 0.15) is 174 Å². The molecule has 302 valence electrons.